The third-order valence-electron chi connectivity index (χ3n) is 6.14. The number of amides is 3. The van der Waals surface area contributed by atoms with Crippen molar-refractivity contribution in [2.75, 3.05) is 5.32 Å². The Morgan fingerprint density at radius 3 is 2.54 bits per heavy atom. The van der Waals surface area contributed by atoms with Crippen LogP contribution in [0, 0.1) is 11.8 Å². The van der Waals surface area contributed by atoms with E-state index in [1.54, 1.807) is 25.1 Å². The number of likely N-dealkylation sites (tertiary alicyclic amines) is 1. The minimum Gasteiger partial charge on any atom is -0.392 e. The van der Waals surface area contributed by atoms with Crippen LogP contribution in [0.2, 0.25) is 0 Å². The number of carbonyl (C=O) groups excluding carboxylic acids is 3. The maximum atomic E-state index is 13.3. The van der Waals surface area contributed by atoms with Crippen molar-refractivity contribution in [3.05, 3.63) is 29.8 Å². The number of fused-ring (bicyclic) bond motifs is 4. The predicted molar refractivity (Wildman–Crippen MR) is 93.9 cm³/mol. The topological polar surface area (TPSA) is 98.7 Å². The van der Waals surface area contributed by atoms with Crippen LogP contribution in [0.3, 0.4) is 0 Å². The predicted octanol–water partition coefficient (Wildman–Crippen LogP) is 0.586. The van der Waals surface area contributed by atoms with Crippen molar-refractivity contribution < 1.29 is 19.5 Å². The van der Waals surface area contributed by atoms with Gasteiger partial charge in [-0.25, -0.2) is 0 Å². The van der Waals surface area contributed by atoms with Crippen LogP contribution in [0.5, 0.6) is 0 Å². The van der Waals surface area contributed by atoms with Gasteiger partial charge in [0.2, 0.25) is 17.7 Å². The van der Waals surface area contributed by atoms with Gasteiger partial charge in [-0.2, -0.15) is 0 Å². The first-order chi connectivity index (χ1) is 12.3. The van der Waals surface area contributed by atoms with Crippen molar-refractivity contribution in [2.24, 2.45) is 11.8 Å². The molecule has 0 saturated carbocycles. The molecular weight excluding hydrogens is 334 g/mol. The van der Waals surface area contributed by atoms with Gasteiger partial charge in [0.25, 0.3) is 0 Å². The number of rotatable bonds is 3. The normalized spacial score (nSPS) is 34.8. The molecule has 3 aliphatic rings. The summed E-state index contributed by atoms with van der Waals surface area (Å²) in [5.74, 6) is -2.59. The molecule has 1 aromatic rings. The van der Waals surface area contributed by atoms with Crippen molar-refractivity contribution in [3.63, 3.8) is 0 Å². The molecule has 0 aromatic heterocycles. The lowest BCUT2D eigenvalue weighted by atomic mass is 9.76. The minimum atomic E-state index is -1.32. The van der Waals surface area contributed by atoms with Crippen molar-refractivity contribution in [2.45, 2.75) is 50.9 Å². The summed E-state index contributed by atoms with van der Waals surface area (Å²) in [4.78, 5) is 40.7. The first-order valence-corrected chi connectivity index (χ1v) is 9.08. The monoisotopic (exact) mass is 357 g/mol. The van der Waals surface area contributed by atoms with Crippen molar-refractivity contribution >= 4 is 23.4 Å². The van der Waals surface area contributed by atoms with E-state index >= 15 is 0 Å². The van der Waals surface area contributed by atoms with Gasteiger partial charge in [-0.3, -0.25) is 24.6 Å². The molecule has 3 aliphatic heterocycles. The number of nitrogens with zero attached hydrogens (tertiary/aromatic N) is 1. The lowest BCUT2D eigenvalue weighted by Gasteiger charge is -2.31. The lowest BCUT2D eigenvalue weighted by Crippen LogP contribution is -2.55. The zero-order valence-corrected chi connectivity index (χ0v) is 15.0. The zero-order valence-electron chi connectivity index (χ0n) is 15.0. The van der Waals surface area contributed by atoms with Gasteiger partial charge in [0, 0.05) is 23.3 Å². The number of hydrogen-bond acceptors (Lipinski definition) is 5. The Morgan fingerprint density at radius 1 is 1.19 bits per heavy atom. The summed E-state index contributed by atoms with van der Waals surface area (Å²) in [7, 11) is 0. The maximum absolute atomic E-state index is 13.3. The fourth-order valence-corrected chi connectivity index (χ4v) is 4.74. The largest absolute Gasteiger partial charge is 0.392 e. The van der Waals surface area contributed by atoms with E-state index in [1.165, 1.54) is 4.90 Å². The van der Waals surface area contributed by atoms with Crippen LogP contribution in [0.25, 0.3) is 0 Å². The summed E-state index contributed by atoms with van der Waals surface area (Å²) in [6, 6.07) is 6.28. The van der Waals surface area contributed by atoms with Crippen LogP contribution in [0.1, 0.15) is 32.8 Å². The highest BCUT2D eigenvalue weighted by Crippen LogP contribution is 2.53. The summed E-state index contributed by atoms with van der Waals surface area (Å²) >= 11 is 0. The van der Waals surface area contributed by atoms with E-state index in [9.17, 15) is 19.5 Å². The average Bonchev–Trinajstić information content (AvgIpc) is 3.20. The Hall–Kier alpha value is -2.25. The van der Waals surface area contributed by atoms with Crippen LogP contribution >= 0.6 is 0 Å². The number of aliphatic hydroxyl groups excluding tert-OH is 1. The van der Waals surface area contributed by atoms with Gasteiger partial charge < -0.3 is 10.4 Å². The van der Waals surface area contributed by atoms with Gasteiger partial charge in [-0.15, -0.1) is 0 Å². The Morgan fingerprint density at radius 2 is 1.88 bits per heavy atom. The molecule has 7 heteroatoms. The van der Waals surface area contributed by atoms with E-state index in [0.29, 0.717) is 17.7 Å². The highest BCUT2D eigenvalue weighted by Gasteiger charge is 2.71. The molecular formula is C19H23N3O4. The first kappa shape index (κ1) is 17.2. The third kappa shape index (κ3) is 1.92. The first-order valence-electron chi connectivity index (χ1n) is 9.08. The van der Waals surface area contributed by atoms with Crippen LogP contribution in [0.4, 0.5) is 5.69 Å². The average molecular weight is 357 g/mol. The maximum Gasteiger partial charge on any atom is 0.250 e. The molecule has 6 atom stereocenters. The molecule has 7 nitrogen and oxygen atoms in total. The number of aliphatic hydroxyl groups is 1. The molecule has 0 bridgehead atoms. The fourth-order valence-electron chi connectivity index (χ4n) is 4.74. The smallest absolute Gasteiger partial charge is 0.250 e. The molecule has 3 heterocycles. The fraction of sp³-hybridized carbons (Fsp3) is 0.526. The van der Waals surface area contributed by atoms with Gasteiger partial charge >= 0.3 is 0 Å². The summed E-state index contributed by atoms with van der Waals surface area (Å²) in [6.45, 7) is 5.32. The summed E-state index contributed by atoms with van der Waals surface area (Å²) in [5.41, 5.74) is -0.0229. The minimum absolute atomic E-state index is 0.244. The van der Waals surface area contributed by atoms with Gasteiger partial charge in [0.05, 0.1) is 17.9 Å². The van der Waals surface area contributed by atoms with Crippen LogP contribution < -0.4 is 10.6 Å². The molecule has 3 N–H and O–H groups in total. The standard InChI is InChI=1S/C19H23N3O4/c1-4-9(2)22-16(24)13-14(17(22)25)19(21-15(13)10(3)23)11-7-5-6-8-12(11)20-18(19)26/h5-10,13-15,21,23H,4H2,1-3H3,(H,20,26)/t9-,10+,13-,14-,15+,19+/m0/s1. The second-order valence-electron chi connectivity index (χ2n) is 7.53. The Balaban J connectivity index is 1.90. The number of para-hydroxylation sites is 1. The van der Waals surface area contributed by atoms with Crippen molar-refractivity contribution in [1.82, 2.24) is 10.2 Å². The quantitative estimate of drug-likeness (QED) is 0.688. The highest BCUT2D eigenvalue weighted by molar-refractivity contribution is 6.15. The Labute approximate surface area is 151 Å². The Bertz CT molecular complexity index is 808. The third-order valence-corrected chi connectivity index (χ3v) is 6.14. The zero-order chi connectivity index (χ0) is 18.8. The lowest BCUT2D eigenvalue weighted by molar-refractivity contribution is -0.145. The molecule has 1 spiro atoms. The van der Waals surface area contributed by atoms with E-state index in [0.717, 1.165) is 0 Å². The van der Waals surface area contributed by atoms with Crippen LogP contribution in [-0.2, 0) is 19.9 Å². The second kappa shape index (κ2) is 5.62. The van der Waals surface area contributed by atoms with Gasteiger partial charge in [0.1, 0.15) is 5.54 Å². The van der Waals surface area contributed by atoms with Crippen LogP contribution in [0.15, 0.2) is 24.3 Å². The number of anilines is 1. The number of imide groups is 1. The molecule has 0 unspecified atom stereocenters. The van der Waals surface area contributed by atoms with Crippen molar-refractivity contribution in [3.8, 4) is 0 Å². The van der Waals surface area contributed by atoms with Gasteiger partial charge in [0.15, 0.2) is 0 Å². The number of carbonyl (C=O) groups is 3. The molecule has 0 radical (unpaired) electrons. The SMILES string of the molecule is CC[C@H](C)N1C(=O)[C@@H]2[C@@H]([C@@H](C)O)N[C@@]3(C(=O)Nc4ccccc43)[C@@H]2C1=O. The molecule has 4 rings (SSSR count). The van der Waals surface area contributed by atoms with Crippen LogP contribution in [-0.4, -0.2) is 45.9 Å². The summed E-state index contributed by atoms with van der Waals surface area (Å²) in [5, 5.41) is 16.3. The van der Waals surface area contributed by atoms with E-state index in [-0.39, 0.29) is 23.8 Å². The molecule has 2 saturated heterocycles. The number of hydrogen-bond donors (Lipinski definition) is 3. The van der Waals surface area contributed by atoms with E-state index in [2.05, 4.69) is 10.6 Å². The Kier molecular flexibility index (Phi) is 3.71. The van der Waals surface area contributed by atoms with E-state index < -0.39 is 29.5 Å². The molecule has 1 aromatic carbocycles. The molecule has 0 aliphatic carbocycles. The molecule has 138 valence electrons. The molecule has 2 fully saturated rings. The van der Waals surface area contributed by atoms with Gasteiger partial charge in [-0.05, 0) is 26.3 Å². The highest BCUT2D eigenvalue weighted by atomic mass is 16.3. The second-order valence-corrected chi connectivity index (χ2v) is 7.53. The number of nitrogens with one attached hydrogen (secondary N) is 2. The summed E-state index contributed by atoms with van der Waals surface area (Å²) in [6.07, 6.45) is -0.240. The van der Waals surface area contributed by atoms with Gasteiger partial charge in [-0.1, -0.05) is 25.1 Å². The van der Waals surface area contributed by atoms with E-state index in [1.807, 2.05) is 19.9 Å². The molecule has 3 amide bonds. The number of benzene rings is 1. The molecule has 26 heavy (non-hydrogen) atoms. The van der Waals surface area contributed by atoms with Crippen molar-refractivity contribution in [1.29, 1.82) is 0 Å². The summed E-state index contributed by atoms with van der Waals surface area (Å²) < 4.78 is 0. The van der Waals surface area contributed by atoms with E-state index in [4.69, 9.17) is 0 Å².